The molecule has 2 nitrogen and oxygen atoms in total. The summed E-state index contributed by atoms with van der Waals surface area (Å²) in [5, 5.41) is 4.25. The van der Waals surface area contributed by atoms with Crippen molar-refractivity contribution in [3.8, 4) is 11.1 Å². The van der Waals surface area contributed by atoms with E-state index in [9.17, 15) is 0 Å². The molecule has 0 spiro atoms. The Hall–Kier alpha value is -1.83. The quantitative estimate of drug-likeness (QED) is 0.740. The van der Waals surface area contributed by atoms with E-state index in [1.54, 1.807) is 0 Å². The third-order valence-electron chi connectivity index (χ3n) is 2.44. The average molecular weight is 198 g/mol. The number of rotatable bonds is 3. The fourth-order valence-corrected chi connectivity index (χ4v) is 1.50. The van der Waals surface area contributed by atoms with Gasteiger partial charge in [0.2, 0.25) is 0 Å². The smallest absolute Gasteiger partial charge is 0.0568 e. The van der Waals surface area contributed by atoms with Crippen molar-refractivity contribution in [2.24, 2.45) is 0 Å². The molecular weight excluding hydrogens is 184 g/mol. The van der Waals surface area contributed by atoms with Gasteiger partial charge in [0.25, 0.3) is 0 Å². The molecule has 0 aliphatic rings. The second kappa shape index (κ2) is 4.13. The number of nitrogens with zero attached hydrogens (tertiary/aromatic N) is 2. The summed E-state index contributed by atoms with van der Waals surface area (Å²) in [6.45, 7) is 6.72. The monoisotopic (exact) mass is 198 g/mol. The average Bonchev–Trinajstić information content (AvgIpc) is 2.78. The van der Waals surface area contributed by atoms with Gasteiger partial charge in [-0.1, -0.05) is 36.9 Å². The SMILES string of the molecule is C=Cc1ccc(-c2cnn(CC)c2)cc1. The van der Waals surface area contributed by atoms with E-state index >= 15 is 0 Å². The lowest BCUT2D eigenvalue weighted by atomic mass is 10.1. The molecule has 0 amide bonds. The van der Waals surface area contributed by atoms with Gasteiger partial charge in [0, 0.05) is 18.3 Å². The first-order valence-corrected chi connectivity index (χ1v) is 5.09. The topological polar surface area (TPSA) is 17.8 Å². The standard InChI is InChI=1S/C13H14N2/c1-3-11-5-7-12(8-6-11)13-9-14-15(4-2)10-13/h3,5-10H,1,4H2,2H3. The molecule has 2 rings (SSSR count). The van der Waals surface area contributed by atoms with Crippen LogP contribution in [0.3, 0.4) is 0 Å². The Bertz CT molecular complexity index is 452. The summed E-state index contributed by atoms with van der Waals surface area (Å²) in [6.07, 6.45) is 5.80. The molecule has 0 aliphatic heterocycles. The van der Waals surface area contributed by atoms with E-state index in [4.69, 9.17) is 0 Å². The van der Waals surface area contributed by atoms with Gasteiger partial charge < -0.3 is 0 Å². The first-order valence-electron chi connectivity index (χ1n) is 5.09. The Kier molecular flexibility index (Phi) is 2.68. The van der Waals surface area contributed by atoms with E-state index < -0.39 is 0 Å². The number of aryl methyl sites for hydroxylation is 1. The van der Waals surface area contributed by atoms with Gasteiger partial charge in [-0.2, -0.15) is 5.10 Å². The van der Waals surface area contributed by atoms with E-state index in [-0.39, 0.29) is 0 Å². The minimum absolute atomic E-state index is 0.907. The molecule has 0 aliphatic carbocycles. The molecule has 1 heterocycles. The maximum Gasteiger partial charge on any atom is 0.0568 e. The van der Waals surface area contributed by atoms with Crippen LogP contribution in [-0.4, -0.2) is 9.78 Å². The maximum absolute atomic E-state index is 4.25. The highest BCUT2D eigenvalue weighted by atomic mass is 15.3. The lowest BCUT2D eigenvalue weighted by Crippen LogP contribution is -1.91. The normalized spacial score (nSPS) is 10.2. The van der Waals surface area contributed by atoms with Gasteiger partial charge in [-0.25, -0.2) is 0 Å². The summed E-state index contributed by atoms with van der Waals surface area (Å²) in [7, 11) is 0. The summed E-state index contributed by atoms with van der Waals surface area (Å²) in [4.78, 5) is 0. The zero-order valence-electron chi connectivity index (χ0n) is 8.85. The number of benzene rings is 1. The van der Waals surface area contributed by atoms with Crippen LogP contribution in [0.2, 0.25) is 0 Å². The van der Waals surface area contributed by atoms with Crippen molar-refractivity contribution in [3.63, 3.8) is 0 Å². The Morgan fingerprint density at radius 1 is 1.27 bits per heavy atom. The summed E-state index contributed by atoms with van der Waals surface area (Å²) in [5.74, 6) is 0. The van der Waals surface area contributed by atoms with Crippen LogP contribution < -0.4 is 0 Å². The van der Waals surface area contributed by atoms with E-state index in [0.29, 0.717) is 0 Å². The van der Waals surface area contributed by atoms with Crippen molar-refractivity contribution in [2.75, 3.05) is 0 Å². The minimum atomic E-state index is 0.907. The fourth-order valence-electron chi connectivity index (χ4n) is 1.50. The lowest BCUT2D eigenvalue weighted by Gasteiger charge is -1.97. The molecule has 0 atom stereocenters. The summed E-state index contributed by atoms with van der Waals surface area (Å²) in [6, 6.07) is 8.30. The lowest BCUT2D eigenvalue weighted by molar-refractivity contribution is 0.660. The number of hydrogen-bond acceptors (Lipinski definition) is 1. The Balaban J connectivity index is 2.32. The molecule has 0 saturated carbocycles. The molecule has 0 N–H and O–H groups in total. The molecule has 0 fully saturated rings. The first-order chi connectivity index (χ1) is 7.33. The van der Waals surface area contributed by atoms with Crippen LogP contribution in [0.5, 0.6) is 0 Å². The predicted octanol–water partition coefficient (Wildman–Crippen LogP) is 3.21. The van der Waals surface area contributed by atoms with Gasteiger partial charge in [-0.05, 0) is 18.1 Å². The number of aromatic nitrogens is 2. The third kappa shape index (κ3) is 1.99. The molecule has 0 saturated heterocycles. The second-order valence-electron chi connectivity index (χ2n) is 3.41. The summed E-state index contributed by atoms with van der Waals surface area (Å²) >= 11 is 0. The molecule has 0 bridgehead atoms. The van der Waals surface area contributed by atoms with E-state index in [1.807, 2.05) is 17.0 Å². The van der Waals surface area contributed by atoms with Crippen LogP contribution in [0.1, 0.15) is 12.5 Å². The summed E-state index contributed by atoms with van der Waals surface area (Å²) < 4.78 is 1.93. The van der Waals surface area contributed by atoms with Crippen LogP contribution in [-0.2, 0) is 6.54 Å². The zero-order chi connectivity index (χ0) is 10.7. The van der Waals surface area contributed by atoms with Crippen molar-refractivity contribution in [1.29, 1.82) is 0 Å². The van der Waals surface area contributed by atoms with Crippen molar-refractivity contribution < 1.29 is 0 Å². The van der Waals surface area contributed by atoms with Gasteiger partial charge in [-0.3, -0.25) is 4.68 Å². The van der Waals surface area contributed by atoms with Crippen LogP contribution in [0, 0.1) is 0 Å². The van der Waals surface area contributed by atoms with E-state index in [0.717, 1.165) is 17.7 Å². The molecular formula is C13H14N2. The highest BCUT2D eigenvalue weighted by Gasteiger charge is 1.99. The van der Waals surface area contributed by atoms with Crippen LogP contribution >= 0.6 is 0 Å². The molecule has 76 valence electrons. The maximum atomic E-state index is 4.25. The van der Waals surface area contributed by atoms with Crippen molar-refractivity contribution in [1.82, 2.24) is 9.78 Å². The molecule has 2 heteroatoms. The van der Waals surface area contributed by atoms with Crippen LogP contribution in [0.15, 0.2) is 43.2 Å². The second-order valence-corrected chi connectivity index (χ2v) is 3.41. The predicted molar refractivity (Wildman–Crippen MR) is 63.4 cm³/mol. The molecule has 1 aromatic carbocycles. The fraction of sp³-hybridized carbons (Fsp3) is 0.154. The van der Waals surface area contributed by atoms with Gasteiger partial charge >= 0.3 is 0 Å². The Morgan fingerprint density at radius 3 is 2.53 bits per heavy atom. The largest absolute Gasteiger partial charge is 0.272 e. The molecule has 0 radical (unpaired) electrons. The van der Waals surface area contributed by atoms with Crippen molar-refractivity contribution in [2.45, 2.75) is 13.5 Å². The highest BCUT2D eigenvalue weighted by molar-refractivity contribution is 5.64. The number of hydrogen-bond donors (Lipinski definition) is 0. The molecule has 0 unspecified atom stereocenters. The van der Waals surface area contributed by atoms with Gasteiger partial charge in [0.1, 0.15) is 0 Å². The van der Waals surface area contributed by atoms with Crippen LogP contribution in [0.4, 0.5) is 0 Å². The minimum Gasteiger partial charge on any atom is -0.272 e. The van der Waals surface area contributed by atoms with Crippen molar-refractivity contribution >= 4 is 6.08 Å². The molecule has 2 aromatic rings. The van der Waals surface area contributed by atoms with E-state index in [2.05, 4.69) is 49.1 Å². The Morgan fingerprint density at radius 2 is 2.00 bits per heavy atom. The summed E-state index contributed by atoms with van der Waals surface area (Å²) in [5.41, 5.74) is 3.49. The van der Waals surface area contributed by atoms with Gasteiger partial charge in [-0.15, -0.1) is 0 Å². The molecule has 1 aromatic heterocycles. The van der Waals surface area contributed by atoms with Crippen molar-refractivity contribution in [3.05, 3.63) is 48.8 Å². The van der Waals surface area contributed by atoms with Gasteiger partial charge in [0.05, 0.1) is 6.20 Å². The zero-order valence-corrected chi connectivity index (χ0v) is 8.85. The first kappa shape index (κ1) is 9.71. The molecule has 15 heavy (non-hydrogen) atoms. The third-order valence-corrected chi connectivity index (χ3v) is 2.44. The van der Waals surface area contributed by atoms with E-state index in [1.165, 1.54) is 5.56 Å². The van der Waals surface area contributed by atoms with Crippen LogP contribution in [0.25, 0.3) is 17.2 Å². The highest BCUT2D eigenvalue weighted by Crippen LogP contribution is 2.19. The van der Waals surface area contributed by atoms with Gasteiger partial charge in [0.15, 0.2) is 0 Å². The Labute approximate surface area is 89.9 Å².